The lowest BCUT2D eigenvalue weighted by Gasteiger charge is -2.37. The van der Waals surface area contributed by atoms with Crippen LogP contribution in [-0.2, 0) is 4.74 Å². The second-order valence-corrected chi connectivity index (χ2v) is 6.58. The van der Waals surface area contributed by atoms with Crippen LogP contribution in [0.4, 0.5) is 0 Å². The van der Waals surface area contributed by atoms with Gasteiger partial charge in [0.15, 0.2) is 5.76 Å². The van der Waals surface area contributed by atoms with Crippen LogP contribution in [0.2, 0.25) is 0 Å². The molecule has 0 saturated carbocycles. The lowest BCUT2D eigenvalue weighted by molar-refractivity contribution is 0.0379. The molecule has 0 bridgehead atoms. The zero-order valence-electron chi connectivity index (χ0n) is 14.1. The average Bonchev–Trinajstić information content (AvgIpc) is 3.36. The van der Waals surface area contributed by atoms with Gasteiger partial charge in [0, 0.05) is 39.3 Å². The first-order chi connectivity index (χ1) is 11.8. The minimum atomic E-state index is 0.117. The summed E-state index contributed by atoms with van der Waals surface area (Å²) in [4.78, 5) is 9.38. The van der Waals surface area contributed by atoms with Gasteiger partial charge in [0.05, 0.1) is 18.4 Å². The highest BCUT2D eigenvalue weighted by atomic mass is 16.5. The normalized spacial score (nSPS) is 24.5. The molecular formula is C17H24N4O3. The van der Waals surface area contributed by atoms with E-state index in [-0.39, 0.29) is 6.04 Å². The summed E-state index contributed by atoms with van der Waals surface area (Å²) < 4.78 is 16.5. The fourth-order valence-corrected chi connectivity index (χ4v) is 3.48. The number of piperazine rings is 1. The Kier molecular flexibility index (Phi) is 4.64. The van der Waals surface area contributed by atoms with Crippen LogP contribution < -0.4 is 0 Å². The molecule has 2 fully saturated rings. The molecule has 0 unspecified atom stereocenters. The molecule has 0 radical (unpaired) electrons. The van der Waals surface area contributed by atoms with Crippen molar-refractivity contribution in [3.63, 3.8) is 0 Å². The van der Waals surface area contributed by atoms with E-state index in [1.807, 2.05) is 12.1 Å². The van der Waals surface area contributed by atoms with Crippen LogP contribution in [0.25, 0.3) is 11.6 Å². The minimum absolute atomic E-state index is 0.117. The predicted molar refractivity (Wildman–Crippen MR) is 87.4 cm³/mol. The maximum atomic E-state index is 5.74. The van der Waals surface area contributed by atoms with Crippen molar-refractivity contribution < 1.29 is 13.7 Å². The molecule has 2 saturated heterocycles. The monoisotopic (exact) mass is 332 g/mol. The molecule has 24 heavy (non-hydrogen) atoms. The molecule has 7 heteroatoms. The van der Waals surface area contributed by atoms with Crippen molar-refractivity contribution in [2.24, 2.45) is 0 Å². The van der Waals surface area contributed by atoms with E-state index >= 15 is 0 Å². The van der Waals surface area contributed by atoms with Crippen molar-refractivity contribution in [3.05, 3.63) is 24.3 Å². The number of rotatable bonds is 5. The SMILES string of the molecule is C[C@@H](c1nc(-c2ccco2)no1)N1CCN(C[C@H]2CCCO2)CC1. The molecular weight excluding hydrogens is 308 g/mol. The van der Waals surface area contributed by atoms with Gasteiger partial charge in [-0.15, -0.1) is 0 Å². The number of nitrogens with zero attached hydrogens (tertiary/aromatic N) is 4. The van der Waals surface area contributed by atoms with Gasteiger partial charge in [-0.25, -0.2) is 0 Å². The summed E-state index contributed by atoms with van der Waals surface area (Å²) in [6.45, 7) is 8.24. The maximum Gasteiger partial charge on any atom is 0.244 e. The zero-order chi connectivity index (χ0) is 16.4. The summed E-state index contributed by atoms with van der Waals surface area (Å²) in [6.07, 6.45) is 4.45. The Labute approximate surface area is 141 Å². The highest BCUT2D eigenvalue weighted by Crippen LogP contribution is 2.24. The van der Waals surface area contributed by atoms with Gasteiger partial charge >= 0.3 is 0 Å². The van der Waals surface area contributed by atoms with Gasteiger partial charge in [-0.2, -0.15) is 4.98 Å². The molecule has 0 aliphatic carbocycles. The van der Waals surface area contributed by atoms with E-state index in [4.69, 9.17) is 13.7 Å². The summed E-state index contributed by atoms with van der Waals surface area (Å²) in [5.74, 6) is 1.80. The standard InChI is InChI=1S/C17H24N4O3/c1-13(17-18-16(19-24-17)15-5-3-11-23-15)21-8-6-20(7-9-21)12-14-4-2-10-22-14/h3,5,11,13-14H,2,4,6-10,12H2,1H3/t13-,14+/m0/s1. The number of hydrogen-bond donors (Lipinski definition) is 0. The van der Waals surface area contributed by atoms with Gasteiger partial charge in [0.2, 0.25) is 11.7 Å². The molecule has 2 aliphatic rings. The van der Waals surface area contributed by atoms with Crippen molar-refractivity contribution in [2.45, 2.75) is 31.9 Å². The van der Waals surface area contributed by atoms with Crippen molar-refractivity contribution in [1.29, 1.82) is 0 Å². The van der Waals surface area contributed by atoms with Crippen LogP contribution in [0.3, 0.4) is 0 Å². The van der Waals surface area contributed by atoms with E-state index < -0.39 is 0 Å². The Morgan fingerprint density at radius 3 is 2.88 bits per heavy atom. The second-order valence-electron chi connectivity index (χ2n) is 6.58. The molecule has 4 rings (SSSR count). The van der Waals surface area contributed by atoms with Crippen LogP contribution in [0.15, 0.2) is 27.3 Å². The van der Waals surface area contributed by atoms with E-state index in [0.29, 0.717) is 23.6 Å². The fourth-order valence-electron chi connectivity index (χ4n) is 3.48. The van der Waals surface area contributed by atoms with Gasteiger partial charge in [-0.1, -0.05) is 5.16 Å². The molecule has 0 amide bonds. The lowest BCUT2D eigenvalue weighted by Crippen LogP contribution is -2.49. The van der Waals surface area contributed by atoms with Crippen molar-refractivity contribution in [1.82, 2.24) is 19.9 Å². The van der Waals surface area contributed by atoms with Crippen LogP contribution in [-0.4, -0.2) is 65.4 Å². The molecule has 7 nitrogen and oxygen atoms in total. The van der Waals surface area contributed by atoms with Crippen molar-refractivity contribution in [3.8, 4) is 11.6 Å². The Morgan fingerprint density at radius 1 is 1.29 bits per heavy atom. The summed E-state index contributed by atoms with van der Waals surface area (Å²) in [5, 5.41) is 4.02. The van der Waals surface area contributed by atoms with Gasteiger partial charge in [0.25, 0.3) is 0 Å². The van der Waals surface area contributed by atoms with E-state index in [1.165, 1.54) is 12.8 Å². The van der Waals surface area contributed by atoms with Crippen LogP contribution >= 0.6 is 0 Å². The topological polar surface area (TPSA) is 67.8 Å². The summed E-state index contributed by atoms with van der Waals surface area (Å²) in [5.41, 5.74) is 0. The third-order valence-corrected chi connectivity index (χ3v) is 4.98. The fraction of sp³-hybridized carbons (Fsp3) is 0.647. The molecule has 2 aromatic rings. The van der Waals surface area contributed by atoms with E-state index in [2.05, 4.69) is 26.9 Å². The first-order valence-electron chi connectivity index (χ1n) is 8.75. The molecule has 2 aromatic heterocycles. The number of furan rings is 1. The number of ether oxygens (including phenoxy) is 1. The molecule has 0 aromatic carbocycles. The van der Waals surface area contributed by atoms with Crippen LogP contribution in [0.1, 0.15) is 31.7 Å². The van der Waals surface area contributed by atoms with E-state index in [1.54, 1.807) is 6.26 Å². The summed E-state index contributed by atoms with van der Waals surface area (Å²) in [7, 11) is 0. The predicted octanol–water partition coefficient (Wildman–Crippen LogP) is 2.19. The van der Waals surface area contributed by atoms with Gasteiger partial charge in [0.1, 0.15) is 0 Å². The Morgan fingerprint density at radius 2 is 2.17 bits per heavy atom. The second kappa shape index (κ2) is 7.04. The third-order valence-electron chi connectivity index (χ3n) is 4.98. The van der Waals surface area contributed by atoms with Crippen LogP contribution in [0, 0.1) is 0 Å². The Hall–Kier alpha value is -1.70. The maximum absolute atomic E-state index is 5.74. The van der Waals surface area contributed by atoms with Gasteiger partial charge in [-0.3, -0.25) is 9.80 Å². The Bertz CT molecular complexity index is 628. The lowest BCUT2D eigenvalue weighted by atomic mass is 10.2. The molecule has 2 atom stereocenters. The summed E-state index contributed by atoms with van der Waals surface area (Å²) in [6, 6.07) is 3.77. The largest absolute Gasteiger partial charge is 0.461 e. The average molecular weight is 332 g/mol. The number of hydrogen-bond acceptors (Lipinski definition) is 7. The highest BCUT2D eigenvalue weighted by molar-refractivity contribution is 5.44. The molecule has 0 spiro atoms. The van der Waals surface area contributed by atoms with Crippen LogP contribution in [0.5, 0.6) is 0 Å². The quantitative estimate of drug-likeness (QED) is 0.831. The molecule has 130 valence electrons. The molecule has 0 N–H and O–H groups in total. The first-order valence-corrected chi connectivity index (χ1v) is 8.75. The van der Waals surface area contributed by atoms with Gasteiger partial charge in [-0.05, 0) is 31.9 Å². The Balaban J connectivity index is 1.32. The van der Waals surface area contributed by atoms with Crippen molar-refractivity contribution >= 4 is 0 Å². The molecule has 4 heterocycles. The minimum Gasteiger partial charge on any atom is -0.461 e. The smallest absolute Gasteiger partial charge is 0.244 e. The zero-order valence-corrected chi connectivity index (χ0v) is 14.1. The highest BCUT2D eigenvalue weighted by Gasteiger charge is 2.28. The van der Waals surface area contributed by atoms with Crippen molar-refractivity contribution in [2.75, 3.05) is 39.3 Å². The van der Waals surface area contributed by atoms with E-state index in [0.717, 1.165) is 39.3 Å². The third kappa shape index (κ3) is 3.38. The first kappa shape index (κ1) is 15.8. The van der Waals surface area contributed by atoms with E-state index in [9.17, 15) is 0 Å². The summed E-state index contributed by atoms with van der Waals surface area (Å²) >= 11 is 0. The van der Waals surface area contributed by atoms with Gasteiger partial charge < -0.3 is 13.7 Å². The number of aromatic nitrogens is 2. The molecule has 2 aliphatic heterocycles.